The van der Waals surface area contributed by atoms with Gasteiger partial charge in [0.15, 0.2) is 0 Å². The minimum absolute atomic E-state index is 0.0469. The maximum absolute atomic E-state index is 12.8. The standard InChI is InChI=1S/C25H34BNO4/c1-18(2)27(7)23(28)16-20-15-21(26-30-24(3,4)25(5,6)31-26)13-14-22(20)29-17-19-11-9-8-10-12-19/h8-15,18H,16-17H2,1-7H3. The second-order valence-electron chi connectivity index (χ2n) is 9.50. The molecule has 0 bridgehead atoms. The maximum Gasteiger partial charge on any atom is 0.494 e. The van der Waals surface area contributed by atoms with Crippen LogP contribution in [-0.2, 0) is 27.1 Å². The lowest BCUT2D eigenvalue weighted by Gasteiger charge is -2.32. The highest BCUT2D eigenvalue weighted by atomic mass is 16.7. The zero-order chi connectivity index (χ0) is 22.8. The van der Waals surface area contributed by atoms with Crippen LogP contribution in [0.25, 0.3) is 0 Å². The molecule has 31 heavy (non-hydrogen) atoms. The van der Waals surface area contributed by atoms with Crippen LogP contribution in [0.2, 0.25) is 0 Å². The van der Waals surface area contributed by atoms with Gasteiger partial charge in [-0.2, -0.15) is 0 Å². The third-order valence-electron chi connectivity index (χ3n) is 6.36. The number of benzene rings is 2. The number of hydrogen-bond acceptors (Lipinski definition) is 4. The van der Waals surface area contributed by atoms with Gasteiger partial charge in [-0.3, -0.25) is 4.79 Å². The van der Waals surface area contributed by atoms with Crippen LogP contribution in [0.3, 0.4) is 0 Å². The van der Waals surface area contributed by atoms with Crippen LogP contribution in [0.4, 0.5) is 0 Å². The molecule has 1 heterocycles. The van der Waals surface area contributed by atoms with Gasteiger partial charge < -0.3 is 18.9 Å². The fraction of sp³-hybridized carbons (Fsp3) is 0.480. The quantitative estimate of drug-likeness (QED) is 0.633. The van der Waals surface area contributed by atoms with Gasteiger partial charge in [-0.1, -0.05) is 42.5 Å². The Balaban J connectivity index is 1.87. The van der Waals surface area contributed by atoms with Crippen LogP contribution in [-0.4, -0.2) is 42.2 Å². The molecule has 2 aromatic carbocycles. The lowest BCUT2D eigenvalue weighted by atomic mass is 9.78. The molecule has 1 fully saturated rings. The molecule has 0 atom stereocenters. The molecule has 0 spiro atoms. The van der Waals surface area contributed by atoms with E-state index in [4.69, 9.17) is 14.0 Å². The number of rotatable bonds is 7. The zero-order valence-corrected chi connectivity index (χ0v) is 19.8. The summed E-state index contributed by atoms with van der Waals surface area (Å²) in [4.78, 5) is 14.6. The van der Waals surface area contributed by atoms with Gasteiger partial charge in [-0.15, -0.1) is 0 Å². The van der Waals surface area contributed by atoms with E-state index in [9.17, 15) is 4.79 Å². The van der Waals surface area contributed by atoms with E-state index in [2.05, 4.69) is 0 Å². The molecule has 1 aliphatic rings. The number of amides is 1. The van der Waals surface area contributed by atoms with E-state index in [0.717, 1.165) is 16.6 Å². The maximum atomic E-state index is 12.8. The third-order valence-corrected chi connectivity index (χ3v) is 6.36. The molecule has 166 valence electrons. The van der Waals surface area contributed by atoms with Crippen molar-refractivity contribution in [2.45, 2.75) is 71.8 Å². The highest BCUT2D eigenvalue weighted by molar-refractivity contribution is 6.62. The molecule has 0 aliphatic carbocycles. The summed E-state index contributed by atoms with van der Waals surface area (Å²) in [6.45, 7) is 12.6. The largest absolute Gasteiger partial charge is 0.494 e. The smallest absolute Gasteiger partial charge is 0.489 e. The molecule has 2 aromatic rings. The monoisotopic (exact) mass is 423 g/mol. The molecular weight excluding hydrogens is 389 g/mol. The van der Waals surface area contributed by atoms with Crippen molar-refractivity contribution < 1.29 is 18.8 Å². The number of hydrogen-bond donors (Lipinski definition) is 0. The molecule has 1 saturated heterocycles. The second kappa shape index (κ2) is 9.05. The fourth-order valence-corrected chi connectivity index (χ4v) is 3.32. The molecule has 3 rings (SSSR count). The van der Waals surface area contributed by atoms with Crippen molar-refractivity contribution in [1.82, 2.24) is 4.90 Å². The van der Waals surface area contributed by atoms with Crippen LogP contribution >= 0.6 is 0 Å². The number of ether oxygens (including phenoxy) is 1. The van der Waals surface area contributed by atoms with Gasteiger partial charge in [-0.05, 0) is 58.6 Å². The van der Waals surface area contributed by atoms with E-state index < -0.39 is 18.3 Å². The molecule has 1 amide bonds. The van der Waals surface area contributed by atoms with Gasteiger partial charge in [0.05, 0.1) is 17.6 Å². The minimum atomic E-state index is -0.482. The number of carbonyl (C=O) groups is 1. The topological polar surface area (TPSA) is 48.0 Å². The number of nitrogens with zero attached hydrogens (tertiary/aromatic N) is 1. The first-order valence-electron chi connectivity index (χ1n) is 10.9. The first kappa shape index (κ1) is 23.4. The average molecular weight is 423 g/mol. The lowest BCUT2D eigenvalue weighted by molar-refractivity contribution is -0.130. The van der Waals surface area contributed by atoms with Crippen molar-refractivity contribution in [3.63, 3.8) is 0 Å². The van der Waals surface area contributed by atoms with Gasteiger partial charge in [0.1, 0.15) is 12.4 Å². The molecule has 5 nitrogen and oxygen atoms in total. The Morgan fingerprint density at radius 3 is 2.23 bits per heavy atom. The third kappa shape index (κ3) is 5.31. The Labute approximate surface area is 186 Å². The van der Waals surface area contributed by atoms with Gasteiger partial charge in [0, 0.05) is 18.7 Å². The van der Waals surface area contributed by atoms with Crippen LogP contribution in [0.1, 0.15) is 52.7 Å². The van der Waals surface area contributed by atoms with E-state index in [1.54, 1.807) is 4.90 Å². The molecular formula is C25H34BNO4. The van der Waals surface area contributed by atoms with E-state index in [1.165, 1.54) is 0 Å². The lowest BCUT2D eigenvalue weighted by Crippen LogP contribution is -2.41. The minimum Gasteiger partial charge on any atom is -0.489 e. The summed E-state index contributed by atoms with van der Waals surface area (Å²) in [5, 5.41) is 0. The van der Waals surface area contributed by atoms with Crippen LogP contribution in [0.15, 0.2) is 48.5 Å². The van der Waals surface area contributed by atoms with Gasteiger partial charge in [0.25, 0.3) is 0 Å². The summed E-state index contributed by atoms with van der Waals surface area (Å²) in [5.74, 6) is 0.750. The first-order valence-corrected chi connectivity index (χ1v) is 10.9. The SMILES string of the molecule is CC(C)N(C)C(=O)Cc1cc(B2OC(C)(C)C(C)(C)O2)ccc1OCc1ccccc1. The van der Waals surface area contributed by atoms with E-state index in [-0.39, 0.29) is 18.4 Å². The summed E-state index contributed by atoms with van der Waals surface area (Å²) < 4.78 is 18.5. The Bertz CT molecular complexity index is 895. The van der Waals surface area contributed by atoms with Gasteiger partial charge in [0.2, 0.25) is 5.91 Å². The zero-order valence-electron chi connectivity index (χ0n) is 19.8. The summed E-state index contributed by atoms with van der Waals surface area (Å²) in [6.07, 6.45) is 0.256. The van der Waals surface area contributed by atoms with Crippen molar-refractivity contribution in [1.29, 1.82) is 0 Å². The molecule has 0 N–H and O–H groups in total. The van der Waals surface area contributed by atoms with E-state index >= 15 is 0 Å². The van der Waals surface area contributed by atoms with Crippen LogP contribution in [0.5, 0.6) is 5.75 Å². The first-order chi connectivity index (χ1) is 14.5. The number of likely N-dealkylation sites (N-methyl/N-ethyl adjacent to an activating group) is 1. The molecule has 0 saturated carbocycles. The molecule has 0 unspecified atom stereocenters. The Morgan fingerprint density at radius 1 is 1.03 bits per heavy atom. The van der Waals surface area contributed by atoms with Gasteiger partial charge in [-0.25, -0.2) is 0 Å². The average Bonchev–Trinajstić information content (AvgIpc) is 2.94. The highest BCUT2D eigenvalue weighted by Gasteiger charge is 2.51. The van der Waals surface area contributed by atoms with Crippen molar-refractivity contribution in [3.8, 4) is 5.75 Å². The van der Waals surface area contributed by atoms with Gasteiger partial charge >= 0.3 is 7.12 Å². The molecule has 0 radical (unpaired) electrons. The Morgan fingerprint density at radius 2 is 1.65 bits per heavy atom. The molecule has 0 aromatic heterocycles. The Kier molecular flexibility index (Phi) is 6.82. The van der Waals surface area contributed by atoms with Crippen molar-refractivity contribution >= 4 is 18.5 Å². The summed E-state index contributed by atoms with van der Waals surface area (Å²) in [5.41, 5.74) is 1.96. The summed E-state index contributed by atoms with van der Waals surface area (Å²) >= 11 is 0. The van der Waals surface area contributed by atoms with Crippen LogP contribution in [0, 0.1) is 0 Å². The molecule has 6 heteroatoms. The normalized spacial score (nSPS) is 17.1. The summed E-state index contributed by atoms with van der Waals surface area (Å²) in [6, 6.07) is 16.0. The van der Waals surface area contributed by atoms with Crippen molar-refractivity contribution in [2.24, 2.45) is 0 Å². The van der Waals surface area contributed by atoms with Crippen molar-refractivity contribution in [3.05, 3.63) is 59.7 Å². The van der Waals surface area contributed by atoms with Crippen molar-refractivity contribution in [2.75, 3.05) is 7.05 Å². The second-order valence-corrected chi connectivity index (χ2v) is 9.50. The summed E-state index contributed by atoms with van der Waals surface area (Å²) in [7, 11) is 1.35. The van der Waals surface area contributed by atoms with E-state index in [0.29, 0.717) is 12.4 Å². The van der Waals surface area contributed by atoms with E-state index in [1.807, 2.05) is 97.1 Å². The fourth-order valence-electron chi connectivity index (χ4n) is 3.32. The number of carbonyl (C=O) groups excluding carboxylic acids is 1. The molecule has 1 aliphatic heterocycles. The predicted molar refractivity (Wildman–Crippen MR) is 125 cm³/mol. The highest BCUT2D eigenvalue weighted by Crippen LogP contribution is 2.36. The Hall–Kier alpha value is -2.31. The predicted octanol–water partition coefficient (Wildman–Crippen LogP) is 3.97. The van der Waals surface area contributed by atoms with Crippen LogP contribution < -0.4 is 10.2 Å².